The number of hydrogen-bond acceptors (Lipinski definition) is 6. The van der Waals surface area contributed by atoms with Crippen molar-refractivity contribution < 1.29 is 24.2 Å². The first-order chi connectivity index (χ1) is 15.1. The molecule has 164 valence electrons. The second-order valence-electron chi connectivity index (χ2n) is 7.23. The van der Waals surface area contributed by atoms with E-state index >= 15 is 0 Å². The van der Waals surface area contributed by atoms with Crippen LogP contribution in [0.4, 0.5) is 0 Å². The topological polar surface area (TPSA) is 108 Å². The van der Waals surface area contributed by atoms with Crippen LogP contribution in [0.15, 0.2) is 54.6 Å². The summed E-state index contributed by atoms with van der Waals surface area (Å²) < 4.78 is 5.29. The Morgan fingerprint density at radius 2 is 1.65 bits per heavy atom. The van der Waals surface area contributed by atoms with Crippen molar-refractivity contribution in [2.45, 2.75) is 6.04 Å². The molecule has 1 heterocycles. The zero-order valence-electron chi connectivity index (χ0n) is 17.3. The molecule has 8 nitrogen and oxygen atoms in total. The van der Waals surface area contributed by atoms with Crippen molar-refractivity contribution in [3.63, 3.8) is 0 Å². The number of aliphatic hydroxyl groups excluding tert-OH is 1. The van der Waals surface area contributed by atoms with Gasteiger partial charge in [0.05, 0.1) is 19.8 Å². The molecule has 31 heavy (non-hydrogen) atoms. The zero-order valence-corrected chi connectivity index (χ0v) is 17.3. The van der Waals surface area contributed by atoms with Crippen LogP contribution in [0.5, 0.6) is 0 Å². The number of amides is 2. The summed E-state index contributed by atoms with van der Waals surface area (Å²) in [6.45, 7) is 3.53. The molecule has 1 atom stereocenters. The largest absolute Gasteiger partial charge is 0.394 e. The van der Waals surface area contributed by atoms with Crippen molar-refractivity contribution in [2.24, 2.45) is 0 Å². The summed E-state index contributed by atoms with van der Waals surface area (Å²) in [6.07, 6.45) is 0. The first-order valence-corrected chi connectivity index (χ1v) is 10.3. The fourth-order valence-corrected chi connectivity index (χ4v) is 3.28. The lowest BCUT2D eigenvalue weighted by atomic mass is 10.0. The van der Waals surface area contributed by atoms with E-state index in [1.165, 1.54) is 6.07 Å². The Morgan fingerprint density at radius 1 is 0.968 bits per heavy atom. The summed E-state index contributed by atoms with van der Waals surface area (Å²) in [6, 6.07) is 14.0. The number of rotatable bonds is 9. The number of aliphatic hydroxyl groups is 1. The van der Waals surface area contributed by atoms with Crippen LogP contribution in [-0.2, 0) is 9.53 Å². The average Bonchev–Trinajstić information content (AvgIpc) is 2.83. The predicted molar refractivity (Wildman–Crippen MR) is 115 cm³/mol. The molecule has 0 spiro atoms. The molecule has 1 saturated heterocycles. The van der Waals surface area contributed by atoms with Crippen LogP contribution in [0, 0.1) is 0 Å². The van der Waals surface area contributed by atoms with Gasteiger partial charge in [0, 0.05) is 42.9 Å². The fraction of sp³-hybridized carbons (Fsp3) is 0.348. The first kappa shape index (κ1) is 22.6. The summed E-state index contributed by atoms with van der Waals surface area (Å²) in [7, 11) is 0. The standard InChI is InChI=1S/C23H27N3O5/c27-16-20(23(30)24-9-10-26-11-13-31-14-12-26)25-22(29)19-8-4-7-18(15-19)21(28)17-5-2-1-3-6-17/h1-8,15,20,27H,9-14,16H2,(H,24,30)(H,25,29)/t20-/m0/s1. The molecule has 1 aliphatic heterocycles. The molecule has 3 rings (SSSR count). The van der Waals surface area contributed by atoms with Gasteiger partial charge in [0.25, 0.3) is 5.91 Å². The number of ether oxygens (including phenoxy) is 1. The van der Waals surface area contributed by atoms with Crippen molar-refractivity contribution >= 4 is 17.6 Å². The highest BCUT2D eigenvalue weighted by Crippen LogP contribution is 2.12. The molecule has 2 aromatic rings. The fourth-order valence-electron chi connectivity index (χ4n) is 3.28. The number of benzene rings is 2. The number of nitrogens with zero attached hydrogens (tertiary/aromatic N) is 1. The van der Waals surface area contributed by atoms with Crippen molar-refractivity contribution in [2.75, 3.05) is 46.0 Å². The Bertz CT molecular complexity index is 897. The highest BCUT2D eigenvalue weighted by atomic mass is 16.5. The van der Waals surface area contributed by atoms with Crippen LogP contribution in [0.2, 0.25) is 0 Å². The normalized spacial score (nSPS) is 15.1. The third-order valence-electron chi connectivity index (χ3n) is 5.06. The lowest BCUT2D eigenvalue weighted by molar-refractivity contribution is -0.123. The Labute approximate surface area is 181 Å². The molecule has 0 saturated carbocycles. The Hall–Kier alpha value is -3.07. The molecule has 2 amide bonds. The van der Waals surface area contributed by atoms with E-state index in [-0.39, 0.29) is 11.3 Å². The molecule has 1 aliphatic rings. The second kappa shape index (κ2) is 11.4. The molecule has 0 unspecified atom stereocenters. The summed E-state index contributed by atoms with van der Waals surface area (Å²) in [5, 5.41) is 14.8. The van der Waals surface area contributed by atoms with Crippen molar-refractivity contribution in [3.05, 3.63) is 71.3 Å². The van der Waals surface area contributed by atoms with Gasteiger partial charge < -0.3 is 20.5 Å². The maximum atomic E-state index is 12.6. The van der Waals surface area contributed by atoms with Crippen LogP contribution in [0.25, 0.3) is 0 Å². The molecule has 0 aliphatic carbocycles. The van der Waals surface area contributed by atoms with Gasteiger partial charge in [0.15, 0.2) is 5.78 Å². The molecule has 0 aromatic heterocycles. The third kappa shape index (κ3) is 6.45. The monoisotopic (exact) mass is 425 g/mol. The Morgan fingerprint density at radius 3 is 2.35 bits per heavy atom. The number of carbonyl (C=O) groups excluding carboxylic acids is 3. The third-order valence-corrected chi connectivity index (χ3v) is 5.06. The molecular formula is C23H27N3O5. The summed E-state index contributed by atoms with van der Waals surface area (Å²) in [5.41, 5.74) is 1.13. The Kier molecular flexibility index (Phi) is 8.28. The molecule has 0 bridgehead atoms. The van der Waals surface area contributed by atoms with Crippen LogP contribution >= 0.6 is 0 Å². The molecule has 3 N–H and O–H groups in total. The average molecular weight is 425 g/mol. The summed E-state index contributed by atoms with van der Waals surface area (Å²) in [5.74, 6) is -1.19. The van der Waals surface area contributed by atoms with Crippen molar-refractivity contribution in [3.8, 4) is 0 Å². The van der Waals surface area contributed by atoms with Gasteiger partial charge in [-0.15, -0.1) is 0 Å². The lowest BCUT2D eigenvalue weighted by Gasteiger charge is -2.26. The van der Waals surface area contributed by atoms with Gasteiger partial charge in [-0.2, -0.15) is 0 Å². The van der Waals surface area contributed by atoms with E-state index in [0.717, 1.165) is 13.1 Å². The van der Waals surface area contributed by atoms with Gasteiger partial charge >= 0.3 is 0 Å². The van der Waals surface area contributed by atoms with E-state index < -0.39 is 24.5 Å². The highest BCUT2D eigenvalue weighted by Gasteiger charge is 2.21. The molecule has 0 radical (unpaired) electrons. The first-order valence-electron chi connectivity index (χ1n) is 10.3. The molecule has 8 heteroatoms. The number of ketones is 1. The maximum Gasteiger partial charge on any atom is 0.252 e. The minimum atomic E-state index is -1.08. The maximum absolute atomic E-state index is 12.6. The Balaban J connectivity index is 1.56. The second-order valence-corrected chi connectivity index (χ2v) is 7.23. The predicted octanol–water partition coefficient (Wildman–Crippen LogP) is 0.457. The van der Waals surface area contributed by atoms with Crippen LogP contribution in [0.3, 0.4) is 0 Å². The van der Waals surface area contributed by atoms with Gasteiger partial charge in [-0.25, -0.2) is 0 Å². The van der Waals surface area contributed by atoms with Crippen LogP contribution < -0.4 is 10.6 Å². The van der Waals surface area contributed by atoms with Gasteiger partial charge in [-0.3, -0.25) is 19.3 Å². The van der Waals surface area contributed by atoms with Crippen LogP contribution in [-0.4, -0.2) is 79.6 Å². The number of hydrogen-bond donors (Lipinski definition) is 3. The van der Waals surface area contributed by atoms with E-state index in [1.54, 1.807) is 42.5 Å². The lowest BCUT2D eigenvalue weighted by Crippen LogP contribution is -2.50. The highest BCUT2D eigenvalue weighted by molar-refractivity contribution is 6.10. The van der Waals surface area contributed by atoms with Crippen molar-refractivity contribution in [1.29, 1.82) is 0 Å². The van der Waals surface area contributed by atoms with Gasteiger partial charge in [-0.1, -0.05) is 42.5 Å². The minimum absolute atomic E-state index is 0.199. The summed E-state index contributed by atoms with van der Waals surface area (Å²) >= 11 is 0. The van der Waals surface area contributed by atoms with E-state index in [4.69, 9.17) is 4.74 Å². The van der Waals surface area contributed by atoms with Gasteiger partial charge in [0.1, 0.15) is 6.04 Å². The number of morpholine rings is 1. The minimum Gasteiger partial charge on any atom is -0.394 e. The summed E-state index contributed by atoms with van der Waals surface area (Å²) in [4.78, 5) is 39.8. The van der Waals surface area contributed by atoms with Crippen molar-refractivity contribution in [1.82, 2.24) is 15.5 Å². The molecule has 2 aromatic carbocycles. The number of nitrogens with one attached hydrogen (secondary N) is 2. The smallest absolute Gasteiger partial charge is 0.252 e. The molecule has 1 fully saturated rings. The van der Waals surface area contributed by atoms with E-state index in [1.807, 2.05) is 6.07 Å². The SMILES string of the molecule is O=C(N[C@@H](CO)C(=O)NCCN1CCOCC1)c1cccc(C(=O)c2ccccc2)c1. The quantitative estimate of drug-likeness (QED) is 0.504. The number of carbonyl (C=O) groups is 3. The van der Waals surface area contributed by atoms with Crippen LogP contribution in [0.1, 0.15) is 26.3 Å². The van der Waals surface area contributed by atoms with Gasteiger partial charge in [0.2, 0.25) is 5.91 Å². The van der Waals surface area contributed by atoms with E-state index in [9.17, 15) is 19.5 Å². The van der Waals surface area contributed by atoms with E-state index in [2.05, 4.69) is 15.5 Å². The zero-order chi connectivity index (χ0) is 22.1. The van der Waals surface area contributed by atoms with Gasteiger partial charge in [-0.05, 0) is 12.1 Å². The molecular weight excluding hydrogens is 398 g/mol. The van der Waals surface area contributed by atoms with E-state index in [0.29, 0.717) is 37.4 Å².